The van der Waals surface area contributed by atoms with Crippen molar-refractivity contribution in [3.63, 3.8) is 0 Å². The van der Waals surface area contributed by atoms with Crippen molar-refractivity contribution in [2.45, 2.75) is 25.5 Å². The van der Waals surface area contributed by atoms with E-state index >= 15 is 0 Å². The van der Waals surface area contributed by atoms with Gasteiger partial charge in [-0.05, 0) is 65.3 Å². The molecule has 5 rings (SSSR count). The molecule has 2 heterocycles. The highest BCUT2D eigenvalue weighted by Crippen LogP contribution is 2.45. The zero-order valence-electron chi connectivity index (χ0n) is 21.7. The van der Waals surface area contributed by atoms with Crippen molar-refractivity contribution < 1.29 is 22.4 Å². The highest BCUT2D eigenvalue weighted by atomic mass is 127. The molecule has 2 aliphatic rings. The summed E-state index contributed by atoms with van der Waals surface area (Å²) < 4.78 is 34.6. The molecule has 212 valence electrons. The van der Waals surface area contributed by atoms with Crippen molar-refractivity contribution in [2.75, 3.05) is 37.7 Å². The van der Waals surface area contributed by atoms with Gasteiger partial charge < -0.3 is 9.64 Å². The van der Waals surface area contributed by atoms with E-state index in [4.69, 9.17) is 16.3 Å². The van der Waals surface area contributed by atoms with Crippen LogP contribution in [0.2, 0.25) is 5.02 Å². The van der Waals surface area contributed by atoms with Crippen LogP contribution in [0.4, 0.5) is 11.4 Å². The zero-order valence-corrected chi connectivity index (χ0v) is 25.4. The van der Waals surface area contributed by atoms with Crippen LogP contribution >= 0.6 is 34.2 Å². The summed E-state index contributed by atoms with van der Waals surface area (Å²) in [6, 6.07) is 11.3. The van der Waals surface area contributed by atoms with Gasteiger partial charge in [-0.2, -0.15) is 18.2 Å². The summed E-state index contributed by atoms with van der Waals surface area (Å²) in [5.74, 6) is -0.120. The van der Waals surface area contributed by atoms with Gasteiger partial charge >= 0.3 is 5.56 Å². The number of nitro groups is 1. The summed E-state index contributed by atoms with van der Waals surface area (Å²) in [4.78, 5) is 26.3. The highest BCUT2D eigenvalue weighted by molar-refractivity contribution is 14.1. The molecule has 1 saturated heterocycles. The van der Waals surface area contributed by atoms with Gasteiger partial charge in [0.15, 0.2) is 0 Å². The zero-order chi connectivity index (χ0) is 28.7. The molecule has 0 unspecified atom stereocenters. The van der Waals surface area contributed by atoms with Gasteiger partial charge in [0, 0.05) is 16.5 Å². The molecule has 0 radical (unpaired) electrons. The van der Waals surface area contributed by atoms with E-state index in [1.54, 1.807) is 42.6 Å². The van der Waals surface area contributed by atoms with E-state index in [-0.39, 0.29) is 35.7 Å². The van der Waals surface area contributed by atoms with Gasteiger partial charge in [0.05, 0.1) is 40.1 Å². The summed E-state index contributed by atoms with van der Waals surface area (Å²) in [5, 5.41) is 16.1. The topological polar surface area (TPSA) is 129 Å². The third kappa shape index (κ3) is 6.26. The molecule has 0 bridgehead atoms. The van der Waals surface area contributed by atoms with Crippen LogP contribution in [0.25, 0.3) is 5.69 Å². The number of aromatic nitrogens is 2. The fourth-order valence-corrected chi connectivity index (χ4v) is 6.95. The van der Waals surface area contributed by atoms with Gasteiger partial charge in [-0.1, -0.05) is 30.7 Å². The maximum absolute atomic E-state index is 13.6. The Morgan fingerprint density at radius 1 is 1.20 bits per heavy atom. The normalized spacial score (nSPS) is 17.0. The molecule has 0 atom stereocenters. The van der Waals surface area contributed by atoms with Gasteiger partial charge in [0.2, 0.25) is 5.75 Å². The van der Waals surface area contributed by atoms with Crippen molar-refractivity contribution in [1.29, 1.82) is 0 Å². The molecular formula is C26H28ClIN5O6S+. The molecule has 3 aromatic rings. The second-order valence-electron chi connectivity index (χ2n) is 10.5. The quantitative estimate of drug-likeness (QED) is 0.205. The minimum Gasteiger partial charge on any atom is -0.486 e. The van der Waals surface area contributed by atoms with Gasteiger partial charge in [0.25, 0.3) is 15.7 Å². The van der Waals surface area contributed by atoms with Gasteiger partial charge in [0.1, 0.15) is 24.5 Å². The number of nitrogens with zero attached hydrogens (tertiary/aromatic N) is 4. The Morgan fingerprint density at radius 2 is 1.93 bits per heavy atom. The first-order chi connectivity index (χ1) is 19.0. The lowest BCUT2D eigenvalue weighted by atomic mass is 10.2. The minimum absolute atomic E-state index is 0.0371. The largest absolute Gasteiger partial charge is 0.486 e. The molecule has 1 aromatic heterocycles. The summed E-state index contributed by atoms with van der Waals surface area (Å²) in [6.07, 6.45) is 3.64. The predicted molar refractivity (Wildman–Crippen MR) is 159 cm³/mol. The van der Waals surface area contributed by atoms with E-state index in [1.165, 1.54) is 10.7 Å². The average molecular weight is 701 g/mol. The van der Waals surface area contributed by atoms with Crippen LogP contribution in [0.1, 0.15) is 25.3 Å². The van der Waals surface area contributed by atoms with E-state index in [9.17, 15) is 23.3 Å². The molecular weight excluding hydrogens is 673 g/mol. The van der Waals surface area contributed by atoms with Crippen LogP contribution in [0.15, 0.2) is 53.5 Å². The number of sulfonamides is 1. The predicted octanol–water partition coefficient (Wildman–Crippen LogP) is 2.81. The summed E-state index contributed by atoms with van der Waals surface area (Å²) in [5.41, 5.74) is 0.933. The van der Waals surface area contributed by atoms with Crippen LogP contribution in [0.3, 0.4) is 0 Å². The molecule has 1 N–H and O–H groups in total. The third-order valence-electron chi connectivity index (χ3n) is 7.30. The van der Waals surface area contributed by atoms with Crippen LogP contribution in [0.5, 0.6) is 5.75 Å². The summed E-state index contributed by atoms with van der Waals surface area (Å²) in [7, 11) is -3.64. The Hall–Kier alpha value is -2.75. The number of halogens is 2. The maximum atomic E-state index is 13.6. The van der Waals surface area contributed by atoms with Crippen molar-refractivity contribution in [3.05, 3.63) is 83.3 Å². The van der Waals surface area contributed by atoms with Crippen LogP contribution in [-0.4, -0.2) is 55.9 Å². The van der Waals surface area contributed by atoms with Crippen molar-refractivity contribution in [1.82, 2.24) is 9.78 Å². The molecule has 14 heteroatoms. The lowest BCUT2D eigenvalue weighted by Gasteiger charge is -2.33. The molecule has 0 spiro atoms. The van der Waals surface area contributed by atoms with Gasteiger partial charge in [-0.3, -0.25) is 14.9 Å². The number of nitro benzene ring substituents is 1. The van der Waals surface area contributed by atoms with Crippen LogP contribution in [-0.2, 0) is 15.8 Å². The standard InChI is InChI=1S/C26H27ClIN5O6S/c1-26(7-8-26)17-39-24-23(15-29-32(25(24)34)20-4-2-3-19(27)14-20)30-9-11-31(12-10-30)40(37,38)16-18-5-6-21(28)22(13-18)33(35)36/h2-6,13-15H,7-12,16-17H2,1H3/p+1. The molecule has 0 amide bonds. The number of anilines is 1. The number of hydrogen-bond acceptors (Lipinski definition) is 8. The highest BCUT2D eigenvalue weighted by Gasteiger charge is 2.39. The minimum atomic E-state index is -3.64. The van der Waals surface area contributed by atoms with Crippen molar-refractivity contribution in [2.24, 2.45) is 5.41 Å². The van der Waals surface area contributed by atoms with E-state index in [0.29, 0.717) is 49.5 Å². The van der Waals surface area contributed by atoms with Crippen LogP contribution < -0.4 is 19.5 Å². The fraction of sp³-hybridized carbons (Fsp3) is 0.385. The number of piperazine rings is 1. The van der Waals surface area contributed by atoms with E-state index in [0.717, 1.165) is 12.8 Å². The Bertz CT molecular complexity index is 1620. The Morgan fingerprint density at radius 3 is 2.58 bits per heavy atom. The molecule has 11 nitrogen and oxygen atoms in total. The lowest BCUT2D eigenvalue weighted by Crippen LogP contribution is -3.16. The van der Waals surface area contributed by atoms with Gasteiger partial charge in [-0.25, -0.2) is 4.31 Å². The van der Waals surface area contributed by atoms with Crippen molar-refractivity contribution in [3.8, 4) is 11.4 Å². The van der Waals surface area contributed by atoms with Gasteiger partial charge in [-0.15, -0.1) is 0 Å². The second-order valence-corrected chi connectivity index (χ2v) is 14.2. The lowest BCUT2D eigenvalue weighted by molar-refractivity contribution is -0.768. The van der Waals surface area contributed by atoms with Crippen LogP contribution in [0, 0.1) is 19.1 Å². The first kappa shape index (κ1) is 28.8. The molecule has 1 aliphatic carbocycles. The van der Waals surface area contributed by atoms with Crippen molar-refractivity contribution >= 4 is 55.6 Å². The first-order valence-corrected chi connectivity index (χ1v) is 15.8. The van der Waals surface area contributed by atoms with E-state index < -0.39 is 20.5 Å². The molecule has 2 aromatic carbocycles. The van der Waals surface area contributed by atoms with E-state index in [2.05, 4.69) is 12.0 Å². The average Bonchev–Trinajstić information content (AvgIpc) is 3.65. The number of rotatable bonds is 9. The SMILES string of the molecule is CC1(COc2c(N3CC[NH+](S(=O)(=O)Cc4ccc(I)c([N+](=O)[O-])c4)CC3)cnn(-c3cccc(Cl)c3)c2=O)CC1. The smallest absolute Gasteiger partial charge is 0.316 e. The summed E-state index contributed by atoms with van der Waals surface area (Å²) in [6.45, 7) is 3.76. The summed E-state index contributed by atoms with van der Waals surface area (Å²) >= 11 is 7.99. The Balaban J connectivity index is 1.35. The number of ether oxygens (including phenoxy) is 1. The Labute approximate surface area is 250 Å². The molecule has 1 aliphatic heterocycles. The first-order valence-electron chi connectivity index (χ1n) is 12.7. The molecule has 2 fully saturated rings. The monoisotopic (exact) mass is 700 g/mol. The maximum Gasteiger partial charge on any atom is 0.316 e. The number of benzene rings is 2. The molecule has 1 saturated carbocycles. The van der Waals surface area contributed by atoms with E-state index in [1.807, 2.05) is 27.5 Å². The second kappa shape index (κ2) is 11.3. The number of hydrogen-bond donors (Lipinski definition) is 1. The Kier molecular flexibility index (Phi) is 8.10. The third-order valence-corrected chi connectivity index (χ3v) is 10.5. The fourth-order valence-electron chi connectivity index (χ4n) is 4.60. The number of quaternary nitrogens is 1. The molecule has 40 heavy (non-hydrogen) atoms. The number of nitrogens with one attached hydrogen (secondary N) is 1.